The summed E-state index contributed by atoms with van der Waals surface area (Å²) in [4.78, 5) is 17.0. The minimum atomic E-state index is -3.62. The highest BCUT2D eigenvalue weighted by Gasteiger charge is 2.17. The fourth-order valence-electron chi connectivity index (χ4n) is 2.79. The molecule has 1 heterocycles. The monoisotopic (exact) mass is 398 g/mol. The smallest absolute Gasteiger partial charge is 0.255 e. The van der Waals surface area contributed by atoms with E-state index in [0.717, 1.165) is 17.1 Å². The van der Waals surface area contributed by atoms with Gasteiger partial charge in [-0.15, -0.1) is 0 Å². The molecule has 0 aliphatic heterocycles. The van der Waals surface area contributed by atoms with E-state index < -0.39 is 10.0 Å². The van der Waals surface area contributed by atoms with E-state index in [-0.39, 0.29) is 10.8 Å². The molecule has 28 heavy (non-hydrogen) atoms. The van der Waals surface area contributed by atoms with Crippen LogP contribution in [0.25, 0.3) is 5.69 Å². The summed E-state index contributed by atoms with van der Waals surface area (Å²) < 4.78 is 28.2. The van der Waals surface area contributed by atoms with Crippen molar-refractivity contribution in [2.24, 2.45) is 0 Å². The molecule has 0 atom stereocenters. The van der Waals surface area contributed by atoms with Crippen LogP contribution in [-0.4, -0.2) is 30.9 Å². The number of sulfonamides is 1. The molecule has 0 aliphatic rings. The van der Waals surface area contributed by atoms with Gasteiger partial charge in [0.2, 0.25) is 10.0 Å². The molecular formula is C20H22N4O3S. The maximum absolute atomic E-state index is 12.7. The summed E-state index contributed by atoms with van der Waals surface area (Å²) in [5, 5.41) is 2.82. The van der Waals surface area contributed by atoms with Crippen molar-refractivity contribution < 1.29 is 13.2 Å². The van der Waals surface area contributed by atoms with Crippen molar-refractivity contribution in [2.45, 2.75) is 25.7 Å². The first kappa shape index (κ1) is 19.8. The normalized spacial score (nSPS) is 11.4. The number of benzene rings is 2. The average Bonchev–Trinajstić information content (AvgIpc) is 3.01. The van der Waals surface area contributed by atoms with Crippen molar-refractivity contribution >= 4 is 21.6 Å². The summed E-state index contributed by atoms with van der Waals surface area (Å²) in [6.07, 6.45) is 1.76. The van der Waals surface area contributed by atoms with Crippen molar-refractivity contribution in [3.8, 4) is 5.69 Å². The number of nitrogens with one attached hydrogen (secondary N) is 2. The molecule has 0 fully saturated rings. The van der Waals surface area contributed by atoms with Gasteiger partial charge in [-0.2, -0.15) is 0 Å². The van der Waals surface area contributed by atoms with Crippen LogP contribution < -0.4 is 10.0 Å². The van der Waals surface area contributed by atoms with Gasteiger partial charge in [-0.1, -0.05) is 6.07 Å². The zero-order valence-corrected chi connectivity index (χ0v) is 17.0. The van der Waals surface area contributed by atoms with Gasteiger partial charge in [0.1, 0.15) is 0 Å². The van der Waals surface area contributed by atoms with Gasteiger partial charge < -0.3 is 9.88 Å². The van der Waals surface area contributed by atoms with Crippen LogP contribution in [0.15, 0.2) is 53.7 Å². The van der Waals surface area contributed by atoms with E-state index >= 15 is 0 Å². The Balaban J connectivity index is 1.84. The fraction of sp³-hybridized carbons (Fsp3) is 0.200. The fourth-order valence-corrected chi connectivity index (χ4v) is 3.55. The lowest BCUT2D eigenvalue weighted by atomic mass is 10.1. The van der Waals surface area contributed by atoms with Gasteiger partial charge in [-0.25, -0.2) is 18.1 Å². The van der Waals surface area contributed by atoms with E-state index in [1.807, 2.05) is 30.5 Å². The molecule has 2 N–H and O–H groups in total. The molecule has 0 saturated heterocycles. The van der Waals surface area contributed by atoms with E-state index in [0.29, 0.717) is 16.8 Å². The Morgan fingerprint density at radius 3 is 2.29 bits per heavy atom. The first-order valence-corrected chi connectivity index (χ1v) is 10.2. The van der Waals surface area contributed by atoms with Gasteiger partial charge in [0.15, 0.2) is 0 Å². The number of aryl methyl sites for hydroxylation is 2. The molecule has 3 rings (SSSR count). The minimum Gasteiger partial charge on any atom is -0.322 e. The highest BCUT2D eigenvalue weighted by atomic mass is 32.2. The molecule has 146 valence electrons. The number of imidazole rings is 1. The number of hydrogen-bond donors (Lipinski definition) is 2. The van der Waals surface area contributed by atoms with Crippen LogP contribution in [0.2, 0.25) is 0 Å². The second-order valence-corrected chi connectivity index (χ2v) is 8.36. The highest BCUT2D eigenvalue weighted by molar-refractivity contribution is 7.89. The number of aromatic nitrogens is 2. The first-order valence-electron chi connectivity index (χ1n) is 8.69. The number of anilines is 1. The number of rotatable bonds is 5. The number of amides is 1. The zero-order chi connectivity index (χ0) is 20.5. The molecule has 8 heteroatoms. The minimum absolute atomic E-state index is 0.0482. The van der Waals surface area contributed by atoms with E-state index in [9.17, 15) is 13.2 Å². The van der Waals surface area contributed by atoms with Crippen LogP contribution in [0.3, 0.4) is 0 Å². The number of hydrogen-bond acceptors (Lipinski definition) is 4. The van der Waals surface area contributed by atoms with Crippen molar-refractivity contribution in [1.29, 1.82) is 0 Å². The van der Waals surface area contributed by atoms with Gasteiger partial charge in [0, 0.05) is 22.6 Å². The molecule has 3 aromatic rings. The Morgan fingerprint density at radius 2 is 1.71 bits per heavy atom. The topological polar surface area (TPSA) is 93.1 Å². The van der Waals surface area contributed by atoms with Crippen LogP contribution in [0.5, 0.6) is 0 Å². The lowest BCUT2D eigenvalue weighted by Gasteiger charge is -2.11. The number of carbonyl (C=O) groups is 1. The quantitative estimate of drug-likeness (QED) is 0.691. The van der Waals surface area contributed by atoms with Gasteiger partial charge in [-0.05, 0) is 69.8 Å². The summed E-state index contributed by atoms with van der Waals surface area (Å²) in [5.41, 5.74) is 4.56. The van der Waals surface area contributed by atoms with Crippen LogP contribution in [0, 0.1) is 20.8 Å². The van der Waals surface area contributed by atoms with Gasteiger partial charge in [0.05, 0.1) is 16.9 Å². The predicted molar refractivity (Wildman–Crippen MR) is 108 cm³/mol. The highest BCUT2D eigenvalue weighted by Crippen LogP contribution is 2.20. The summed E-state index contributed by atoms with van der Waals surface area (Å²) in [6, 6.07) is 11.8. The van der Waals surface area contributed by atoms with E-state index in [4.69, 9.17) is 0 Å². The van der Waals surface area contributed by atoms with E-state index in [1.54, 1.807) is 31.5 Å². The molecule has 0 radical (unpaired) electrons. The molecule has 0 aliphatic carbocycles. The molecule has 1 amide bonds. The maximum atomic E-state index is 12.7. The molecule has 1 aromatic heterocycles. The summed E-state index contributed by atoms with van der Waals surface area (Å²) in [5.74, 6) is -0.368. The molecular weight excluding hydrogens is 376 g/mol. The average molecular weight is 398 g/mol. The maximum Gasteiger partial charge on any atom is 0.255 e. The Morgan fingerprint density at radius 1 is 1.04 bits per heavy atom. The van der Waals surface area contributed by atoms with Crippen LogP contribution in [0.4, 0.5) is 5.69 Å². The lowest BCUT2D eigenvalue weighted by Crippen LogP contribution is -2.20. The third kappa shape index (κ3) is 3.83. The number of nitrogens with zero attached hydrogens (tertiary/aromatic N) is 2. The van der Waals surface area contributed by atoms with Crippen LogP contribution in [0.1, 0.15) is 27.3 Å². The predicted octanol–water partition coefficient (Wildman–Crippen LogP) is 2.96. The van der Waals surface area contributed by atoms with E-state index in [1.165, 1.54) is 19.2 Å². The van der Waals surface area contributed by atoms with E-state index in [2.05, 4.69) is 15.0 Å². The molecule has 0 spiro atoms. The van der Waals surface area contributed by atoms with Crippen molar-refractivity contribution in [1.82, 2.24) is 14.3 Å². The summed E-state index contributed by atoms with van der Waals surface area (Å²) in [6.45, 7) is 5.70. The Hall–Kier alpha value is -2.97. The molecule has 0 saturated carbocycles. The second-order valence-electron chi connectivity index (χ2n) is 6.47. The van der Waals surface area contributed by atoms with Gasteiger partial charge in [0.25, 0.3) is 5.91 Å². The SMILES string of the molecule is CNS(=O)(=O)c1ccc(C)c(C(=O)Nc2ccc(-n3cnc(C)c3C)cc2)c1. The van der Waals surface area contributed by atoms with Gasteiger partial charge >= 0.3 is 0 Å². The Kier molecular flexibility index (Phi) is 5.35. The summed E-state index contributed by atoms with van der Waals surface area (Å²) in [7, 11) is -2.29. The zero-order valence-electron chi connectivity index (χ0n) is 16.1. The standard InChI is InChI=1S/C20H22N4O3S/c1-13-5-10-18(28(26,27)21-4)11-19(13)20(25)23-16-6-8-17(9-7-16)24-12-22-14(2)15(24)3/h5-12,21H,1-4H3,(H,23,25). The van der Waals surface area contributed by atoms with Crippen molar-refractivity contribution in [2.75, 3.05) is 12.4 Å². The third-order valence-electron chi connectivity index (χ3n) is 4.69. The lowest BCUT2D eigenvalue weighted by molar-refractivity contribution is 0.102. The van der Waals surface area contributed by atoms with Crippen LogP contribution >= 0.6 is 0 Å². The number of carbonyl (C=O) groups excluding carboxylic acids is 1. The van der Waals surface area contributed by atoms with Gasteiger partial charge in [-0.3, -0.25) is 4.79 Å². The molecule has 2 aromatic carbocycles. The summed E-state index contributed by atoms with van der Waals surface area (Å²) >= 11 is 0. The molecule has 0 bridgehead atoms. The molecule has 7 nitrogen and oxygen atoms in total. The Labute approximate surface area is 164 Å². The second kappa shape index (κ2) is 7.57. The Bertz CT molecular complexity index is 1130. The third-order valence-corrected chi connectivity index (χ3v) is 6.10. The van der Waals surface area contributed by atoms with Crippen LogP contribution in [-0.2, 0) is 10.0 Å². The molecule has 0 unspecified atom stereocenters. The first-order chi connectivity index (χ1) is 13.2. The van der Waals surface area contributed by atoms with Crippen molar-refractivity contribution in [3.05, 3.63) is 71.3 Å². The van der Waals surface area contributed by atoms with Crippen molar-refractivity contribution in [3.63, 3.8) is 0 Å². The largest absolute Gasteiger partial charge is 0.322 e.